The monoisotopic (exact) mass is 615 g/mol. The van der Waals surface area contributed by atoms with Crippen LogP contribution in [0.15, 0.2) is 30.7 Å². The molecule has 44 heavy (non-hydrogen) atoms. The number of amides is 2. The molecule has 2 N–H and O–H groups in total. The number of carboxylic acid groups (broad SMARTS) is 1. The molecule has 2 saturated heterocycles. The van der Waals surface area contributed by atoms with Crippen molar-refractivity contribution in [3.05, 3.63) is 53.5 Å². The second-order valence-electron chi connectivity index (χ2n) is 11.6. The number of carbonyl (C=O) groups is 2. The average molecular weight is 616 g/mol. The average Bonchev–Trinajstić information content (AvgIpc) is 3.57. The number of carbonyl (C=O) groups excluding carboxylic acids is 1. The first-order chi connectivity index (χ1) is 21.0. The second-order valence-corrected chi connectivity index (χ2v) is 11.6. The van der Waals surface area contributed by atoms with Crippen LogP contribution in [0.5, 0.6) is 0 Å². The molecule has 234 valence electrons. The number of alkyl halides is 3. The predicted molar refractivity (Wildman–Crippen MR) is 153 cm³/mol. The standard InChI is InChI=1S/C30H33F4N7O3/c1-2-20-24-25(38-28(20)42)35-16-36-27(24)39-11-8-17(9-12-39)26-37-23(18-6-7-22(31)21(13-18)30(32,33)34)15-40(26)14-19-5-3-4-10-41(19)29(43)44/h6-7,13,15-17,19-20H,2-5,8-12,14H2,1H3,(H,43,44)(H,35,36,38,42). The SMILES string of the molecule is CCC1C(=O)Nc2ncnc(N3CCC(c4nc(-c5ccc(F)c(C(F)(F)F)c5)cn4CC4CCCCN4C(=O)O)CC3)c21. The number of hydrogen-bond acceptors (Lipinski definition) is 6. The number of aromatic nitrogens is 4. The number of hydrogen-bond donors (Lipinski definition) is 2. The van der Waals surface area contributed by atoms with Gasteiger partial charge in [0.25, 0.3) is 0 Å². The van der Waals surface area contributed by atoms with Gasteiger partial charge in [-0.3, -0.25) is 4.79 Å². The lowest BCUT2D eigenvalue weighted by atomic mass is 9.94. The lowest BCUT2D eigenvalue weighted by Gasteiger charge is -2.36. The number of nitrogens with one attached hydrogen (secondary N) is 1. The van der Waals surface area contributed by atoms with E-state index in [-0.39, 0.29) is 35.0 Å². The molecule has 2 fully saturated rings. The van der Waals surface area contributed by atoms with Crippen molar-refractivity contribution < 1.29 is 32.3 Å². The number of nitrogens with zero attached hydrogens (tertiary/aromatic N) is 6. The maximum atomic E-state index is 14.1. The normalized spacial score (nSPS) is 21.0. The zero-order valence-corrected chi connectivity index (χ0v) is 24.1. The van der Waals surface area contributed by atoms with Gasteiger partial charge in [-0.1, -0.05) is 6.92 Å². The Morgan fingerprint density at radius 1 is 1.11 bits per heavy atom. The molecule has 2 atom stereocenters. The van der Waals surface area contributed by atoms with Crippen LogP contribution in [0.2, 0.25) is 0 Å². The summed E-state index contributed by atoms with van der Waals surface area (Å²) in [6.07, 6.45) is 1.45. The number of halogens is 4. The molecule has 0 aliphatic carbocycles. The molecule has 6 rings (SSSR count). The number of anilines is 2. The van der Waals surface area contributed by atoms with E-state index in [4.69, 9.17) is 4.98 Å². The molecule has 3 aliphatic rings. The molecule has 2 amide bonds. The summed E-state index contributed by atoms with van der Waals surface area (Å²) in [5.41, 5.74) is -0.159. The van der Waals surface area contributed by atoms with Gasteiger partial charge in [0.1, 0.15) is 29.6 Å². The minimum Gasteiger partial charge on any atom is -0.465 e. The van der Waals surface area contributed by atoms with E-state index in [1.165, 1.54) is 17.3 Å². The topological polar surface area (TPSA) is 116 Å². The molecular formula is C30H33F4N7O3. The Bertz CT molecular complexity index is 1570. The van der Waals surface area contributed by atoms with Crippen molar-refractivity contribution >= 4 is 23.6 Å². The maximum absolute atomic E-state index is 14.1. The fourth-order valence-electron chi connectivity index (χ4n) is 6.75. The summed E-state index contributed by atoms with van der Waals surface area (Å²) in [5.74, 6) is 0.0541. The lowest BCUT2D eigenvalue weighted by Crippen LogP contribution is -2.45. The minimum atomic E-state index is -4.86. The largest absolute Gasteiger partial charge is 0.465 e. The first-order valence-electron chi connectivity index (χ1n) is 14.9. The van der Waals surface area contributed by atoms with E-state index in [2.05, 4.69) is 20.2 Å². The highest BCUT2D eigenvalue weighted by atomic mass is 19.4. The van der Waals surface area contributed by atoms with Crippen LogP contribution in [0.25, 0.3) is 11.3 Å². The Morgan fingerprint density at radius 3 is 2.59 bits per heavy atom. The molecule has 2 aromatic heterocycles. The van der Waals surface area contributed by atoms with Crippen molar-refractivity contribution in [1.82, 2.24) is 24.4 Å². The minimum absolute atomic E-state index is 0.0685. The molecule has 0 saturated carbocycles. The second kappa shape index (κ2) is 11.7. The number of benzene rings is 1. The van der Waals surface area contributed by atoms with Crippen molar-refractivity contribution in [3.8, 4) is 11.3 Å². The van der Waals surface area contributed by atoms with E-state index in [0.717, 1.165) is 30.5 Å². The smallest absolute Gasteiger partial charge is 0.419 e. The number of piperidine rings is 2. The van der Waals surface area contributed by atoms with Crippen LogP contribution >= 0.6 is 0 Å². The van der Waals surface area contributed by atoms with Gasteiger partial charge in [-0.15, -0.1) is 0 Å². The van der Waals surface area contributed by atoms with Crippen molar-refractivity contribution in [2.45, 2.75) is 76.0 Å². The number of rotatable bonds is 6. The van der Waals surface area contributed by atoms with Crippen LogP contribution in [0, 0.1) is 5.82 Å². The van der Waals surface area contributed by atoms with Crippen LogP contribution in [0.1, 0.15) is 74.2 Å². The summed E-state index contributed by atoms with van der Waals surface area (Å²) in [5, 5.41) is 12.6. The zero-order valence-electron chi connectivity index (χ0n) is 24.1. The molecule has 3 aromatic rings. The lowest BCUT2D eigenvalue weighted by molar-refractivity contribution is -0.140. The summed E-state index contributed by atoms with van der Waals surface area (Å²) in [7, 11) is 0. The highest BCUT2D eigenvalue weighted by Gasteiger charge is 2.37. The van der Waals surface area contributed by atoms with Crippen LogP contribution in [0.3, 0.4) is 0 Å². The molecule has 2 unspecified atom stereocenters. The van der Waals surface area contributed by atoms with E-state index < -0.39 is 23.7 Å². The molecule has 0 bridgehead atoms. The van der Waals surface area contributed by atoms with E-state index in [0.29, 0.717) is 69.3 Å². The summed E-state index contributed by atoms with van der Waals surface area (Å²) in [4.78, 5) is 41.6. The third kappa shape index (κ3) is 5.57. The third-order valence-electron chi connectivity index (χ3n) is 8.99. The molecule has 1 aromatic carbocycles. The Balaban J connectivity index is 1.30. The molecule has 3 aliphatic heterocycles. The van der Waals surface area contributed by atoms with E-state index >= 15 is 0 Å². The van der Waals surface area contributed by atoms with Gasteiger partial charge in [0.05, 0.1) is 23.2 Å². The Labute approximate surface area is 251 Å². The molecule has 0 spiro atoms. The molecule has 0 radical (unpaired) electrons. The zero-order chi connectivity index (χ0) is 31.2. The first kappa shape index (κ1) is 29.8. The number of fused-ring (bicyclic) bond motifs is 1. The third-order valence-corrected chi connectivity index (χ3v) is 8.99. The number of imidazole rings is 1. The molecule has 14 heteroatoms. The van der Waals surface area contributed by atoms with Gasteiger partial charge < -0.3 is 24.8 Å². The Hall–Kier alpha value is -4.23. The highest BCUT2D eigenvalue weighted by Crippen LogP contribution is 2.41. The predicted octanol–water partition coefficient (Wildman–Crippen LogP) is 5.86. The van der Waals surface area contributed by atoms with Crippen molar-refractivity contribution in [3.63, 3.8) is 0 Å². The van der Waals surface area contributed by atoms with Crippen molar-refractivity contribution in [1.29, 1.82) is 0 Å². The van der Waals surface area contributed by atoms with Crippen LogP contribution in [-0.2, 0) is 17.5 Å². The quantitative estimate of drug-likeness (QED) is 0.334. The summed E-state index contributed by atoms with van der Waals surface area (Å²) in [6, 6.07) is 2.54. The summed E-state index contributed by atoms with van der Waals surface area (Å²) >= 11 is 0. The van der Waals surface area contributed by atoms with Crippen molar-refractivity contribution in [2.75, 3.05) is 29.9 Å². The van der Waals surface area contributed by atoms with Gasteiger partial charge in [0.15, 0.2) is 0 Å². The fraction of sp³-hybridized carbons (Fsp3) is 0.500. The number of likely N-dealkylation sites (tertiary alicyclic amines) is 1. The highest BCUT2D eigenvalue weighted by molar-refractivity contribution is 6.03. The van der Waals surface area contributed by atoms with Gasteiger partial charge in [0.2, 0.25) is 5.91 Å². The Morgan fingerprint density at radius 2 is 1.89 bits per heavy atom. The van der Waals surface area contributed by atoms with E-state index in [9.17, 15) is 32.3 Å². The summed E-state index contributed by atoms with van der Waals surface area (Å²) in [6.45, 7) is 3.87. The first-order valence-corrected chi connectivity index (χ1v) is 14.9. The fourth-order valence-corrected chi connectivity index (χ4v) is 6.75. The van der Waals surface area contributed by atoms with Gasteiger partial charge in [-0.25, -0.2) is 24.1 Å². The molecule has 10 nitrogen and oxygen atoms in total. The molecular weight excluding hydrogens is 582 g/mol. The Kier molecular flexibility index (Phi) is 7.93. The van der Waals surface area contributed by atoms with Crippen LogP contribution in [0.4, 0.5) is 34.0 Å². The van der Waals surface area contributed by atoms with Gasteiger partial charge in [-0.05, 0) is 56.7 Å². The van der Waals surface area contributed by atoms with E-state index in [1.54, 1.807) is 6.20 Å². The van der Waals surface area contributed by atoms with Gasteiger partial charge in [0, 0.05) is 49.4 Å². The summed E-state index contributed by atoms with van der Waals surface area (Å²) < 4.78 is 56.5. The van der Waals surface area contributed by atoms with Crippen LogP contribution in [-0.4, -0.2) is 67.2 Å². The van der Waals surface area contributed by atoms with E-state index in [1.807, 2.05) is 11.5 Å². The van der Waals surface area contributed by atoms with Gasteiger partial charge in [-0.2, -0.15) is 13.2 Å². The van der Waals surface area contributed by atoms with Crippen LogP contribution < -0.4 is 10.2 Å². The molecule has 5 heterocycles. The van der Waals surface area contributed by atoms with Crippen molar-refractivity contribution in [2.24, 2.45) is 0 Å². The van der Waals surface area contributed by atoms with Gasteiger partial charge >= 0.3 is 12.3 Å². The maximum Gasteiger partial charge on any atom is 0.419 e.